The summed E-state index contributed by atoms with van der Waals surface area (Å²) in [5.74, 6) is 0.380. The van der Waals surface area contributed by atoms with E-state index in [1.165, 1.54) is 0 Å². The second kappa shape index (κ2) is 6.46. The maximum atomic E-state index is 12.0. The highest BCUT2D eigenvalue weighted by Crippen LogP contribution is 2.26. The van der Waals surface area contributed by atoms with Gasteiger partial charge in [-0.25, -0.2) is 0 Å². The van der Waals surface area contributed by atoms with Crippen LogP contribution >= 0.6 is 23.2 Å². The second-order valence-electron chi connectivity index (χ2n) is 4.43. The molecule has 0 aliphatic carbocycles. The summed E-state index contributed by atoms with van der Waals surface area (Å²) in [7, 11) is 0. The zero-order valence-corrected chi connectivity index (χ0v) is 11.8. The Balaban J connectivity index is 1.91. The van der Waals surface area contributed by atoms with E-state index < -0.39 is 0 Å². The number of carbonyl (C=O) groups is 1. The Bertz CT molecular complexity index is 467. The zero-order chi connectivity index (χ0) is 13.8. The first-order chi connectivity index (χ1) is 9.11. The molecule has 1 N–H and O–H groups in total. The predicted molar refractivity (Wildman–Crippen MR) is 73.8 cm³/mol. The minimum Gasteiger partial charge on any atom is -0.484 e. The second-order valence-corrected chi connectivity index (χ2v) is 5.24. The number of nitrogens with zero attached hydrogens (tertiary/aromatic N) is 1. The van der Waals surface area contributed by atoms with Gasteiger partial charge >= 0.3 is 0 Å². The lowest BCUT2D eigenvalue weighted by atomic mass is 10.2. The number of carbonyl (C=O) groups excluding carboxylic acids is 1. The minimum absolute atomic E-state index is 0.00148. The lowest BCUT2D eigenvalue weighted by Gasteiger charge is -2.22. The average molecular weight is 304 g/mol. The summed E-state index contributed by atoms with van der Waals surface area (Å²) in [6, 6.07) is 4.78. The molecule has 1 aromatic rings. The quantitative estimate of drug-likeness (QED) is 0.929. The van der Waals surface area contributed by atoms with E-state index in [9.17, 15) is 9.90 Å². The Hall–Kier alpha value is -0.970. The van der Waals surface area contributed by atoms with Gasteiger partial charge in [-0.15, -0.1) is 0 Å². The molecule has 0 bridgehead atoms. The summed E-state index contributed by atoms with van der Waals surface area (Å²) in [5.41, 5.74) is 0. The van der Waals surface area contributed by atoms with Crippen LogP contribution in [0.15, 0.2) is 18.2 Å². The maximum Gasteiger partial charge on any atom is 0.260 e. The number of likely N-dealkylation sites (tertiary alicyclic amines) is 1. The number of ether oxygens (including phenoxy) is 1. The molecule has 1 aliphatic rings. The monoisotopic (exact) mass is 303 g/mol. The molecular formula is C13H15Cl2NO3. The fraction of sp³-hybridized carbons (Fsp3) is 0.462. The largest absolute Gasteiger partial charge is 0.484 e. The van der Waals surface area contributed by atoms with Crippen LogP contribution in [0.25, 0.3) is 0 Å². The van der Waals surface area contributed by atoms with Crippen molar-refractivity contribution in [3.63, 3.8) is 0 Å². The Morgan fingerprint density at radius 3 is 2.89 bits per heavy atom. The van der Waals surface area contributed by atoms with Gasteiger partial charge in [0.2, 0.25) is 0 Å². The fourth-order valence-electron chi connectivity index (χ4n) is 2.15. The van der Waals surface area contributed by atoms with Crippen LogP contribution < -0.4 is 4.74 Å². The van der Waals surface area contributed by atoms with Crippen molar-refractivity contribution in [2.75, 3.05) is 19.8 Å². The van der Waals surface area contributed by atoms with Gasteiger partial charge in [0, 0.05) is 12.6 Å². The molecule has 0 aromatic heterocycles. The molecule has 1 atom stereocenters. The lowest BCUT2D eigenvalue weighted by Crippen LogP contribution is -2.40. The van der Waals surface area contributed by atoms with E-state index in [0.29, 0.717) is 22.3 Å². The minimum atomic E-state index is -0.123. The number of hydrogen-bond donors (Lipinski definition) is 1. The molecule has 0 spiro atoms. The van der Waals surface area contributed by atoms with E-state index in [-0.39, 0.29) is 25.2 Å². The van der Waals surface area contributed by atoms with Crippen molar-refractivity contribution in [1.82, 2.24) is 4.90 Å². The van der Waals surface area contributed by atoms with Gasteiger partial charge in [-0.1, -0.05) is 23.2 Å². The summed E-state index contributed by atoms with van der Waals surface area (Å²) >= 11 is 11.7. The van der Waals surface area contributed by atoms with Crippen LogP contribution in [0.4, 0.5) is 0 Å². The molecule has 1 heterocycles. The number of halogens is 2. The van der Waals surface area contributed by atoms with Gasteiger partial charge in [0.05, 0.1) is 22.7 Å². The standard InChI is InChI=1S/C13H15Cl2NO3/c14-11-4-3-10(6-12(11)15)19-8-13(18)16-5-1-2-9(16)7-17/h3-4,6,9,17H,1-2,5,7-8H2/t9-/m1/s1. The molecule has 2 rings (SSSR count). The Labute approximate surface area is 121 Å². The first-order valence-corrected chi connectivity index (χ1v) is 6.85. The van der Waals surface area contributed by atoms with Crippen molar-refractivity contribution in [2.45, 2.75) is 18.9 Å². The van der Waals surface area contributed by atoms with Gasteiger partial charge in [0.15, 0.2) is 6.61 Å². The van der Waals surface area contributed by atoms with Crippen LogP contribution in [0.1, 0.15) is 12.8 Å². The maximum absolute atomic E-state index is 12.0. The molecule has 1 aromatic carbocycles. The van der Waals surface area contributed by atoms with Crippen LogP contribution in [0.3, 0.4) is 0 Å². The number of aliphatic hydroxyl groups is 1. The van der Waals surface area contributed by atoms with Crippen molar-refractivity contribution < 1.29 is 14.6 Å². The molecule has 1 saturated heterocycles. The van der Waals surface area contributed by atoms with Crippen LogP contribution in [0, 0.1) is 0 Å². The summed E-state index contributed by atoms with van der Waals surface area (Å²) in [6.07, 6.45) is 1.76. The van der Waals surface area contributed by atoms with E-state index >= 15 is 0 Å². The lowest BCUT2D eigenvalue weighted by molar-refractivity contribution is -0.134. The van der Waals surface area contributed by atoms with Gasteiger partial charge in [-0.05, 0) is 25.0 Å². The Kier molecular flexibility index (Phi) is 4.91. The smallest absolute Gasteiger partial charge is 0.260 e. The summed E-state index contributed by atoms with van der Waals surface area (Å²) in [5, 5.41) is 10.0. The van der Waals surface area contributed by atoms with Crippen LogP contribution in [-0.2, 0) is 4.79 Å². The molecule has 4 nitrogen and oxygen atoms in total. The van der Waals surface area contributed by atoms with E-state index in [1.54, 1.807) is 23.1 Å². The number of amides is 1. The normalized spacial score (nSPS) is 18.7. The molecule has 0 unspecified atom stereocenters. The molecule has 0 saturated carbocycles. The average Bonchev–Trinajstić information content (AvgIpc) is 2.88. The van der Waals surface area contributed by atoms with Crippen molar-refractivity contribution in [1.29, 1.82) is 0 Å². The summed E-state index contributed by atoms with van der Waals surface area (Å²) in [4.78, 5) is 13.6. The van der Waals surface area contributed by atoms with Gasteiger partial charge in [-0.2, -0.15) is 0 Å². The van der Waals surface area contributed by atoms with E-state index in [0.717, 1.165) is 12.8 Å². The van der Waals surface area contributed by atoms with Crippen molar-refractivity contribution in [3.05, 3.63) is 28.2 Å². The molecule has 6 heteroatoms. The van der Waals surface area contributed by atoms with Crippen molar-refractivity contribution in [2.24, 2.45) is 0 Å². The van der Waals surface area contributed by atoms with Gasteiger partial charge < -0.3 is 14.7 Å². The summed E-state index contributed by atoms with van der Waals surface area (Å²) in [6.45, 7) is 0.613. The van der Waals surface area contributed by atoms with Gasteiger partial charge in [0.25, 0.3) is 5.91 Å². The predicted octanol–water partition coefficient (Wildman–Crippen LogP) is 2.36. The number of benzene rings is 1. The highest BCUT2D eigenvalue weighted by molar-refractivity contribution is 6.42. The molecule has 1 aliphatic heterocycles. The summed E-state index contributed by atoms with van der Waals surface area (Å²) < 4.78 is 5.39. The molecular weight excluding hydrogens is 289 g/mol. The Morgan fingerprint density at radius 2 is 2.21 bits per heavy atom. The van der Waals surface area contributed by atoms with E-state index in [1.807, 2.05) is 0 Å². The molecule has 104 valence electrons. The SMILES string of the molecule is O=C(COc1ccc(Cl)c(Cl)c1)N1CCC[C@@H]1CO. The third-order valence-corrected chi connectivity index (χ3v) is 3.90. The van der Waals surface area contributed by atoms with E-state index in [2.05, 4.69) is 0 Å². The number of hydrogen-bond acceptors (Lipinski definition) is 3. The molecule has 0 radical (unpaired) electrons. The van der Waals surface area contributed by atoms with Crippen molar-refractivity contribution in [3.8, 4) is 5.75 Å². The highest BCUT2D eigenvalue weighted by Gasteiger charge is 2.28. The fourth-order valence-corrected chi connectivity index (χ4v) is 2.44. The number of aliphatic hydroxyl groups excluding tert-OH is 1. The number of rotatable bonds is 4. The van der Waals surface area contributed by atoms with Gasteiger partial charge in [0.1, 0.15) is 5.75 Å². The topological polar surface area (TPSA) is 49.8 Å². The van der Waals surface area contributed by atoms with Crippen LogP contribution in [0.2, 0.25) is 10.0 Å². The molecule has 1 fully saturated rings. The van der Waals surface area contributed by atoms with Crippen LogP contribution in [0.5, 0.6) is 5.75 Å². The van der Waals surface area contributed by atoms with Gasteiger partial charge in [-0.3, -0.25) is 4.79 Å². The van der Waals surface area contributed by atoms with Crippen LogP contribution in [-0.4, -0.2) is 41.7 Å². The zero-order valence-electron chi connectivity index (χ0n) is 10.3. The third kappa shape index (κ3) is 3.53. The molecule has 19 heavy (non-hydrogen) atoms. The Morgan fingerprint density at radius 1 is 1.42 bits per heavy atom. The van der Waals surface area contributed by atoms with E-state index in [4.69, 9.17) is 27.9 Å². The first kappa shape index (κ1) is 14.4. The third-order valence-electron chi connectivity index (χ3n) is 3.16. The first-order valence-electron chi connectivity index (χ1n) is 6.10. The van der Waals surface area contributed by atoms with Crippen molar-refractivity contribution >= 4 is 29.1 Å². The molecule has 1 amide bonds. The highest BCUT2D eigenvalue weighted by atomic mass is 35.5.